The van der Waals surface area contributed by atoms with E-state index in [1.165, 1.54) is 4.88 Å². The second kappa shape index (κ2) is 7.47. The van der Waals surface area contributed by atoms with Crippen LogP contribution in [0.2, 0.25) is 10.0 Å². The molecule has 0 saturated heterocycles. The van der Waals surface area contributed by atoms with Crippen LogP contribution in [0.1, 0.15) is 36.9 Å². The van der Waals surface area contributed by atoms with E-state index in [1.807, 2.05) is 24.3 Å². The zero-order chi connectivity index (χ0) is 19.9. The minimum atomic E-state index is -0.0753. The summed E-state index contributed by atoms with van der Waals surface area (Å²) >= 11 is 13.9. The summed E-state index contributed by atoms with van der Waals surface area (Å²) in [6.07, 6.45) is 0.777. The van der Waals surface area contributed by atoms with Crippen LogP contribution in [0.15, 0.2) is 36.4 Å². The molecular weight excluding hydrogens is 415 g/mol. The summed E-state index contributed by atoms with van der Waals surface area (Å²) in [6, 6.07) is 11.5. The van der Waals surface area contributed by atoms with Gasteiger partial charge in [-0.25, -0.2) is 4.98 Å². The van der Waals surface area contributed by atoms with Crippen LogP contribution in [0, 0.1) is 0 Å². The van der Waals surface area contributed by atoms with Crippen LogP contribution in [-0.4, -0.2) is 11.8 Å². The van der Waals surface area contributed by atoms with Gasteiger partial charge in [0.15, 0.2) is 16.6 Å². The van der Waals surface area contributed by atoms with E-state index < -0.39 is 0 Å². The number of hydrogen-bond acceptors (Lipinski definition) is 5. The fourth-order valence-electron chi connectivity index (χ4n) is 3.10. The zero-order valence-corrected chi connectivity index (χ0v) is 18.1. The van der Waals surface area contributed by atoms with Crippen molar-refractivity contribution < 1.29 is 9.47 Å². The van der Waals surface area contributed by atoms with Gasteiger partial charge in [0.25, 0.3) is 0 Å². The first-order valence-corrected chi connectivity index (χ1v) is 10.5. The van der Waals surface area contributed by atoms with Gasteiger partial charge in [0.2, 0.25) is 6.79 Å². The molecule has 2 heterocycles. The van der Waals surface area contributed by atoms with Gasteiger partial charge in [-0.1, -0.05) is 50.0 Å². The molecule has 7 heteroatoms. The first-order chi connectivity index (χ1) is 13.3. The molecule has 146 valence electrons. The Kier molecular flexibility index (Phi) is 5.17. The molecule has 0 aliphatic carbocycles. The number of ether oxygens (including phenoxy) is 2. The molecule has 1 aromatic heterocycles. The van der Waals surface area contributed by atoms with Crippen LogP contribution in [0.4, 0.5) is 10.8 Å². The third-order valence-corrected chi connectivity index (χ3v) is 5.73. The molecular formula is C21H20Cl2N2O2S. The van der Waals surface area contributed by atoms with E-state index in [0.717, 1.165) is 40.0 Å². The van der Waals surface area contributed by atoms with E-state index in [0.29, 0.717) is 10.0 Å². The normalized spacial score (nSPS) is 13.0. The van der Waals surface area contributed by atoms with E-state index in [2.05, 4.69) is 32.2 Å². The largest absolute Gasteiger partial charge is 0.454 e. The molecule has 0 atom stereocenters. The quantitative estimate of drug-likeness (QED) is 0.489. The number of nitrogens with zero attached hydrogens (tertiary/aromatic N) is 1. The number of anilines is 2. The molecule has 0 fully saturated rings. The van der Waals surface area contributed by atoms with Crippen LogP contribution < -0.4 is 14.8 Å². The molecule has 1 aliphatic heterocycles. The number of rotatable bonds is 4. The molecule has 4 nitrogen and oxygen atoms in total. The third kappa shape index (κ3) is 4.22. The van der Waals surface area contributed by atoms with Crippen molar-refractivity contribution in [3.63, 3.8) is 0 Å². The number of benzene rings is 2. The van der Waals surface area contributed by atoms with Gasteiger partial charge in [-0.05, 0) is 35.9 Å². The topological polar surface area (TPSA) is 43.4 Å². The van der Waals surface area contributed by atoms with Crippen LogP contribution in [0.25, 0.3) is 0 Å². The minimum absolute atomic E-state index is 0.0753. The summed E-state index contributed by atoms with van der Waals surface area (Å²) in [5.41, 5.74) is 2.98. The highest BCUT2D eigenvalue weighted by Crippen LogP contribution is 2.38. The first-order valence-electron chi connectivity index (χ1n) is 8.90. The van der Waals surface area contributed by atoms with Gasteiger partial charge in [0.1, 0.15) is 0 Å². The zero-order valence-electron chi connectivity index (χ0n) is 15.8. The number of aromatic nitrogens is 1. The van der Waals surface area contributed by atoms with E-state index in [9.17, 15) is 0 Å². The minimum Gasteiger partial charge on any atom is -0.454 e. The molecule has 0 bridgehead atoms. The van der Waals surface area contributed by atoms with Crippen molar-refractivity contribution in [2.75, 3.05) is 12.1 Å². The molecule has 4 rings (SSSR count). The molecule has 0 unspecified atom stereocenters. The lowest BCUT2D eigenvalue weighted by Gasteiger charge is -2.17. The Labute approximate surface area is 178 Å². The number of fused-ring (bicyclic) bond motifs is 1. The lowest BCUT2D eigenvalue weighted by atomic mass is 9.90. The predicted molar refractivity (Wildman–Crippen MR) is 116 cm³/mol. The molecule has 28 heavy (non-hydrogen) atoms. The third-order valence-electron chi connectivity index (χ3n) is 4.32. The van der Waals surface area contributed by atoms with E-state index in [1.54, 1.807) is 17.4 Å². The molecule has 1 aliphatic rings. The second-order valence-electron chi connectivity index (χ2n) is 7.69. The van der Waals surface area contributed by atoms with E-state index in [-0.39, 0.29) is 12.2 Å². The van der Waals surface area contributed by atoms with Gasteiger partial charge >= 0.3 is 0 Å². The van der Waals surface area contributed by atoms with Crippen molar-refractivity contribution in [2.24, 2.45) is 0 Å². The molecule has 0 saturated carbocycles. The smallest absolute Gasteiger partial charge is 0.231 e. The maximum atomic E-state index is 6.12. The molecule has 2 aromatic carbocycles. The Morgan fingerprint density at radius 1 is 1.04 bits per heavy atom. The summed E-state index contributed by atoms with van der Waals surface area (Å²) in [6.45, 7) is 6.80. The van der Waals surface area contributed by atoms with Crippen molar-refractivity contribution in [1.82, 2.24) is 4.98 Å². The highest BCUT2D eigenvalue weighted by atomic mass is 35.5. The van der Waals surface area contributed by atoms with E-state index in [4.69, 9.17) is 37.7 Å². The fraction of sp³-hybridized carbons (Fsp3) is 0.286. The summed E-state index contributed by atoms with van der Waals surface area (Å²) in [7, 11) is 0. The number of hydrogen-bond donors (Lipinski definition) is 1. The SMILES string of the molecule is CC(C)(C)c1nc(Nc2cc(Cl)cc(Cl)c2)sc1Cc1ccc2c(c1)OCO2. The fourth-order valence-corrected chi connectivity index (χ4v) is 4.85. The average Bonchev–Trinajstić information content (AvgIpc) is 3.20. The van der Waals surface area contributed by atoms with Crippen molar-refractivity contribution >= 4 is 45.4 Å². The second-order valence-corrected chi connectivity index (χ2v) is 9.64. The maximum absolute atomic E-state index is 6.12. The Morgan fingerprint density at radius 2 is 1.75 bits per heavy atom. The Bertz CT molecular complexity index is 1010. The summed E-state index contributed by atoms with van der Waals surface area (Å²) in [5, 5.41) is 5.33. The number of thiazole rings is 1. The van der Waals surface area contributed by atoms with Gasteiger partial charge in [-0.15, -0.1) is 11.3 Å². The maximum Gasteiger partial charge on any atom is 0.231 e. The monoisotopic (exact) mass is 434 g/mol. The van der Waals surface area contributed by atoms with Gasteiger partial charge < -0.3 is 14.8 Å². The highest BCUT2D eigenvalue weighted by molar-refractivity contribution is 7.15. The molecule has 0 radical (unpaired) electrons. The van der Waals surface area contributed by atoms with Crippen molar-refractivity contribution in [3.05, 3.63) is 62.6 Å². The van der Waals surface area contributed by atoms with Crippen LogP contribution in [-0.2, 0) is 11.8 Å². The molecule has 0 amide bonds. The van der Waals surface area contributed by atoms with E-state index >= 15 is 0 Å². The summed E-state index contributed by atoms with van der Waals surface area (Å²) < 4.78 is 10.9. The Hall–Kier alpha value is -1.95. The van der Waals surface area contributed by atoms with Gasteiger partial charge in [-0.2, -0.15) is 0 Å². The van der Waals surface area contributed by atoms with Crippen LogP contribution in [0.5, 0.6) is 11.5 Å². The molecule has 3 aromatic rings. The van der Waals surface area contributed by atoms with Crippen LogP contribution in [0.3, 0.4) is 0 Å². The Balaban J connectivity index is 1.64. The highest BCUT2D eigenvalue weighted by Gasteiger charge is 2.24. The number of halogens is 2. The van der Waals surface area contributed by atoms with Crippen molar-refractivity contribution in [3.8, 4) is 11.5 Å². The lowest BCUT2D eigenvalue weighted by Crippen LogP contribution is -2.14. The van der Waals surface area contributed by atoms with Gasteiger partial charge in [0.05, 0.1) is 5.69 Å². The van der Waals surface area contributed by atoms with Crippen LogP contribution >= 0.6 is 34.5 Å². The lowest BCUT2D eigenvalue weighted by molar-refractivity contribution is 0.174. The standard InChI is InChI=1S/C21H20Cl2N2O2S/c1-21(2,3)19-18(7-12-4-5-16-17(6-12)27-11-26-16)28-20(25-19)24-15-9-13(22)8-14(23)10-15/h4-6,8-10H,7,11H2,1-3H3,(H,24,25). The first kappa shape index (κ1) is 19.4. The summed E-state index contributed by atoms with van der Waals surface area (Å²) in [4.78, 5) is 6.08. The average molecular weight is 435 g/mol. The van der Waals surface area contributed by atoms with Gasteiger partial charge in [0, 0.05) is 32.4 Å². The van der Waals surface area contributed by atoms with Crippen molar-refractivity contribution in [1.29, 1.82) is 0 Å². The molecule has 1 N–H and O–H groups in total. The number of nitrogens with one attached hydrogen (secondary N) is 1. The molecule has 0 spiro atoms. The predicted octanol–water partition coefficient (Wildman–Crippen LogP) is 6.81. The Morgan fingerprint density at radius 3 is 2.46 bits per heavy atom. The summed E-state index contributed by atoms with van der Waals surface area (Å²) in [5.74, 6) is 1.59. The van der Waals surface area contributed by atoms with Crippen molar-refractivity contribution in [2.45, 2.75) is 32.6 Å². The van der Waals surface area contributed by atoms with Gasteiger partial charge in [-0.3, -0.25) is 0 Å².